The molecule has 0 aromatic rings. The standard InChI is InChI=1S/C20H39N3O2/c1-16(2)15-23-9-7-22(8-10-23)11-12-25-18-13-17(14-18)21(6)19(24)20(3,4)5/h16-18H,7-15H2,1-6H3. The highest BCUT2D eigenvalue weighted by Crippen LogP contribution is 2.30. The molecule has 1 aliphatic carbocycles. The van der Waals surface area contributed by atoms with Gasteiger partial charge < -0.3 is 14.5 Å². The number of ether oxygens (including phenoxy) is 1. The molecule has 5 nitrogen and oxygen atoms in total. The van der Waals surface area contributed by atoms with Crippen molar-refractivity contribution < 1.29 is 9.53 Å². The minimum Gasteiger partial charge on any atom is -0.377 e. The summed E-state index contributed by atoms with van der Waals surface area (Å²) in [7, 11) is 1.94. The van der Waals surface area contributed by atoms with Gasteiger partial charge in [-0.25, -0.2) is 0 Å². The molecule has 0 radical (unpaired) electrons. The number of piperazine rings is 1. The number of carbonyl (C=O) groups is 1. The molecule has 1 saturated heterocycles. The van der Waals surface area contributed by atoms with Gasteiger partial charge in [0.15, 0.2) is 0 Å². The van der Waals surface area contributed by atoms with Crippen LogP contribution in [-0.4, -0.2) is 85.7 Å². The van der Waals surface area contributed by atoms with Crippen LogP contribution >= 0.6 is 0 Å². The average Bonchev–Trinajstić information content (AvgIpc) is 2.48. The Labute approximate surface area is 154 Å². The second kappa shape index (κ2) is 8.83. The van der Waals surface area contributed by atoms with Gasteiger partial charge in [-0.3, -0.25) is 9.69 Å². The lowest BCUT2D eigenvalue weighted by Crippen LogP contribution is -2.52. The van der Waals surface area contributed by atoms with E-state index in [1.54, 1.807) is 0 Å². The molecule has 1 saturated carbocycles. The van der Waals surface area contributed by atoms with E-state index in [2.05, 4.69) is 23.6 Å². The van der Waals surface area contributed by atoms with Gasteiger partial charge in [0.2, 0.25) is 5.91 Å². The molecule has 0 unspecified atom stereocenters. The van der Waals surface area contributed by atoms with Gasteiger partial charge in [-0.1, -0.05) is 34.6 Å². The maximum absolute atomic E-state index is 12.3. The molecule has 1 aliphatic heterocycles. The molecule has 2 fully saturated rings. The fourth-order valence-electron chi connectivity index (χ4n) is 3.75. The summed E-state index contributed by atoms with van der Waals surface area (Å²) in [6.45, 7) is 18.3. The van der Waals surface area contributed by atoms with Crippen LogP contribution in [-0.2, 0) is 9.53 Å². The maximum Gasteiger partial charge on any atom is 0.227 e. The second-order valence-electron chi connectivity index (χ2n) is 9.32. The largest absolute Gasteiger partial charge is 0.377 e. The fourth-order valence-corrected chi connectivity index (χ4v) is 3.75. The first-order valence-electron chi connectivity index (χ1n) is 10.0. The van der Waals surface area contributed by atoms with E-state index >= 15 is 0 Å². The maximum atomic E-state index is 12.3. The number of carbonyl (C=O) groups excluding carboxylic acids is 1. The molecule has 2 rings (SSSR count). The van der Waals surface area contributed by atoms with Crippen LogP contribution < -0.4 is 0 Å². The van der Waals surface area contributed by atoms with Gasteiger partial charge in [0.25, 0.3) is 0 Å². The Morgan fingerprint density at radius 3 is 2.20 bits per heavy atom. The van der Waals surface area contributed by atoms with Crippen molar-refractivity contribution in [1.82, 2.24) is 14.7 Å². The minimum atomic E-state index is -0.293. The highest BCUT2D eigenvalue weighted by molar-refractivity contribution is 5.81. The summed E-state index contributed by atoms with van der Waals surface area (Å²) in [6, 6.07) is 0.358. The molecule has 1 heterocycles. The van der Waals surface area contributed by atoms with Gasteiger partial charge in [-0.05, 0) is 18.8 Å². The van der Waals surface area contributed by atoms with E-state index in [-0.39, 0.29) is 11.3 Å². The first kappa shape index (κ1) is 20.7. The van der Waals surface area contributed by atoms with Crippen LogP contribution in [0.3, 0.4) is 0 Å². The van der Waals surface area contributed by atoms with E-state index in [4.69, 9.17) is 4.74 Å². The topological polar surface area (TPSA) is 36.0 Å². The highest BCUT2D eigenvalue weighted by atomic mass is 16.5. The Morgan fingerprint density at radius 2 is 1.68 bits per heavy atom. The third-order valence-corrected chi connectivity index (χ3v) is 5.43. The number of rotatable bonds is 7. The predicted octanol–water partition coefficient (Wildman–Crippen LogP) is 2.31. The molecule has 0 aromatic carbocycles. The summed E-state index contributed by atoms with van der Waals surface area (Å²) >= 11 is 0. The molecule has 146 valence electrons. The van der Waals surface area contributed by atoms with Crippen LogP contribution in [0.25, 0.3) is 0 Å². The van der Waals surface area contributed by atoms with Crippen molar-refractivity contribution in [1.29, 1.82) is 0 Å². The van der Waals surface area contributed by atoms with Gasteiger partial charge in [-0.2, -0.15) is 0 Å². The molecule has 0 N–H and O–H groups in total. The van der Waals surface area contributed by atoms with Gasteiger partial charge in [0.1, 0.15) is 0 Å². The molecule has 2 aliphatic rings. The minimum absolute atomic E-state index is 0.232. The molecule has 5 heteroatoms. The number of amides is 1. The summed E-state index contributed by atoms with van der Waals surface area (Å²) < 4.78 is 6.02. The van der Waals surface area contributed by atoms with Crippen LogP contribution in [0.15, 0.2) is 0 Å². The Morgan fingerprint density at radius 1 is 1.12 bits per heavy atom. The van der Waals surface area contributed by atoms with Gasteiger partial charge in [0, 0.05) is 57.8 Å². The Bertz CT molecular complexity index is 419. The monoisotopic (exact) mass is 353 g/mol. The van der Waals surface area contributed by atoms with Crippen molar-refractivity contribution in [2.45, 2.75) is 59.6 Å². The first-order valence-corrected chi connectivity index (χ1v) is 10.0. The summed E-state index contributed by atoms with van der Waals surface area (Å²) in [4.78, 5) is 19.3. The van der Waals surface area contributed by atoms with E-state index < -0.39 is 0 Å². The lowest BCUT2D eigenvalue weighted by atomic mass is 9.85. The fraction of sp³-hybridized carbons (Fsp3) is 0.950. The van der Waals surface area contributed by atoms with Crippen molar-refractivity contribution in [3.63, 3.8) is 0 Å². The molecule has 0 bridgehead atoms. The van der Waals surface area contributed by atoms with Crippen LogP contribution in [0.1, 0.15) is 47.5 Å². The van der Waals surface area contributed by atoms with Crippen molar-refractivity contribution in [2.24, 2.45) is 11.3 Å². The van der Waals surface area contributed by atoms with Crippen LogP contribution in [0, 0.1) is 11.3 Å². The van der Waals surface area contributed by atoms with Gasteiger partial charge >= 0.3 is 0 Å². The molecule has 0 spiro atoms. The number of hydrogen-bond acceptors (Lipinski definition) is 4. The van der Waals surface area contributed by atoms with Crippen molar-refractivity contribution >= 4 is 5.91 Å². The highest BCUT2D eigenvalue weighted by Gasteiger charge is 2.37. The van der Waals surface area contributed by atoms with E-state index in [0.29, 0.717) is 12.1 Å². The van der Waals surface area contributed by atoms with Gasteiger partial charge in [-0.15, -0.1) is 0 Å². The van der Waals surface area contributed by atoms with Crippen LogP contribution in [0.2, 0.25) is 0 Å². The SMILES string of the molecule is CC(C)CN1CCN(CCOC2CC(N(C)C(=O)C(C)(C)C)C2)CC1. The van der Waals surface area contributed by atoms with Crippen LogP contribution in [0.5, 0.6) is 0 Å². The molecule has 0 atom stereocenters. The van der Waals surface area contributed by atoms with Crippen LogP contribution in [0.4, 0.5) is 0 Å². The van der Waals surface area contributed by atoms with Crippen molar-refractivity contribution in [3.8, 4) is 0 Å². The Hall–Kier alpha value is -0.650. The normalized spacial score (nSPS) is 25.9. The van der Waals surface area contributed by atoms with E-state index in [0.717, 1.165) is 45.0 Å². The molecular weight excluding hydrogens is 314 g/mol. The Balaban J connectivity index is 1.56. The average molecular weight is 354 g/mol. The summed E-state index contributed by atoms with van der Waals surface area (Å²) in [5.74, 6) is 0.986. The molecule has 1 amide bonds. The smallest absolute Gasteiger partial charge is 0.227 e. The zero-order chi connectivity index (χ0) is 18.6. The molecule has 25 heavy (non-hydrogen) atoms. The summed E-state index contributed by atoms with van der Waals surface area (Å²) in [5.41, 5.74) is -0.293. The van der Waals surface area contributed by atoms with Gasteiger partial charge in [0.05, 0.1) is 12.7 Å². The quantitative estimate of drug-likeness (QED) is 0.704. The summed E-state index contributed by atoms with van der Waals surface area (Å²) in [6.07, 6.45) is 2.31. The van der Waals surface area contributed by atoms with Crippen molar-refractivity contribution in [2.75, 3.05) is 52.9 Å². The zero-order valence-corrected chi connectivity index (χ0v) is 17.3. The number of hydrogen-bond donors (Lipinski definition) is 0. The third kappa shape index (κ3) is 6.22. The predicted molar refractivity (Wildman–Crippen MR) is 103 cm³/mol. The lowest BCUT2D eigenvalue weighted by molar-refractivity contribution is -0.145. The first-order chi connectivity index (χ1) is 11.7. The second-order valence-corrected chi connectivity index (χ2v) is 9.32. The third-order valence-electron chi connectivity index (χ3n) is 5.43. The number of nitrogens with zero attached hydrogens (tertiary/aromatic N) is 3. The van der Waals surface area contributed by atoms with E-state index in [1.165, 1.54) is 19.6 Å². The van der Waals surface area contributed by atoms with E-state index in [9.17, 15) is 4.79 Å². The lowest BCUT2D eigenvalue weighted by Gasteiger charge is -2.43. The Kier molecular flexibility index (Phi) is 7.29. The molecular formula is C20H39N3O2. The zero-order valence-electron chi connectivity index (χ0n) is 17.3. The van der Waals surface area contributed by atoms with Crippen molar-refractivity contribution in [3.05, 3.63) is 0 Å². The van der Waals surface area contributed by atoms with E-state index in [1.807, 2.05) is 32.7 Å². The summed E-state index contributed by atoms with van der Waals surface area (Å²) in [5, 5.41) is 0. The molecule has 0 aromatic heterocycles.